The molecule has 0 aliphatic rings. The van der Waals surface area contributed by atoms with E-state index in [2.05, 4.69) is 5.10 Å². The SMILES string of the molecule is COCCC(C)C(=O)C(N)c1cnn(C)c1. The molecule has 0 aliphatic carbocycles. The molecule has 0 saturated heterocycles. The molecular formula is C11H19N3O2. The Hall–Kier alpha value is -1.20. The maximum Gasteiger partial charge on any atom is 0.157 e. The smallest absolute Gasteiger partial charge is 0.157 e. The van der Waals surface area contributed by atoms with E-state index in [4.69, 9.17) is 10.5 Å². The number of ketones is 1. The summed E-state index contributed by atoms with van der Waals surface area (Å²) in [5.41, 5.74) is 6.64. The minimum Gasteiger partial charge on any atom is -0.385 e. The van der Waals surface area contributed by atoms with Gasteiger partial charge in [0.2, 0.25) is 0 Å². The van der Waals surface area contributed by atoms with Gasteiger partial charge in [-0.15, -0.1) is 0 Å². The molecule has 0 amide bonds. The van der Waals surface area contributed by atoms with Crippen LogP contribution in [0.5, 0.6) is 0 Å². The van der Waals surface area contributed by atoms with E-state index in [1.54, 1.807) is 31.2 Å². The third-order valence-corrected chi connectivity index (χ3v) is 2.63. The van der Waals surface area contributed by atoms with Gasteiger partial charge in [0.05, 0.1) is 12.2 Å². The van der Waals surface area contributed by atoms with Gasteiger partial charge in [-0.2, -0.15) is 5.10 Å². The number of ether oxygens (including phenoxy) is 1. The summed E-state index contributed by atoms with van der Waals surface area (Å²) < 4.78 is 6.58. The number of hydrogen-bond acceptors (Lipinski definition) is 4. The highest BCUT2D eigenvalue weighted by Crippen LogP contribution is 2.16. The summed E-state index contributed by atoms with van der Waals surface area (Å²) in [7, 11) is 3.42. The Morgan fingerprint density at radius 3 is 2.88 bits per heavy atom. The van der Waals surface area contributed by atoms with Crippen LogP contribution in [0.15, 0.2) is 12.4 Å². The Morgan fingerprint density at radius 2 is 2.38 bits per heavy atom. The van der Waals surface area contributed by atoms with E-state index in [9.17, 15) is 4.79 Å². The van der Waals surface area contributed by atoms with Gasteiger partial charge in [-0.25, -0.2) is 0 Å². The average Bonchev–Trinajstić information content (AvgIpc) is 2.70. The number of nitrogens with zero attached hydrogens (tertiary/aromatic N) is 2. The van der Waals surface area contributed by atoms with Crippen LogP contribution >= 0.6 is 0 Å². The lowest BCUT2D eigenvalue weighted by Gasteiger charge is -2.14. The zero-order valence-corrected chi connectivity index (χ0v) is 10.0. The number of aromatic nitrogens is 2. The predicted molar refractivity (Wildman–Crippen MR) is 60.8 cm³/mol. The molecule has 1 heterocycles. The first-order chi connectivity index (χ1) is 7.56. The van der Waals surface area contributed by atoms with Crippen LogP contribution < -0.4 is 5.73 Å². The first-order valence-electron chi connectivity index (χ1n) is 5.33. The fourth-order valence-corrected chi connectivity index (χ4v) is 1.51. The molecule has 0 aliphatic heterocycles. The second-order valence-electron chi connectivity index (χ2n) is 4.01. The van der Waals surface area contributed by atoms with Crippen LogP contribution in [0.25, 0.3) is 0 Å². The molecule has 90 valence electrons. The quantitative estimate of drug-likeness (QED) is 0.772. The molecule has 0 aromatic carbocycles. The van der Waals surface area contributed by atoms with E-state index in [-0.39, 0.29) is 11.7 Å². The maximum absolute atomic E-state index is 11.9. The Kier molecular flexibility index (Phi) is 4.64. The van der Waals surface area contributed by atoms with Crippen molar-refractivity contribution in [3.63, 3.8) is 0 Å². The van der Waals surface area contributed by atoms with Crippen LogP contribution in [0.2, 0.25) is 0 Å². The number of rotatable bonds is 6. The molecule has 0 spiro atoms. The van der Waals surface area contributed by atoms with E-state index in [0.29, 0.717) is 13.0 Å². The van der Waals surface area contributed by atoms with Gasteiger partial charge in [0.15, 0.2) is 5.78 Å². The highest BCUT2D eigenvalue weighted by atomic mass is 16.5. The van der Waals surface area contributed by atoms with Crippen LogP contribution in [0.1, 0.15) is 24.9 Å². The lowest BCUT2D eigenvalue weighted by molar-refractivity contribution is -0.124. The monoisotopic (exact) mass is 225 g/mol. The van der Waals surface area contributed by atoms with Crippen LogP contribution in [0, 0.1) is 5.92 Å². The topological polar surface area (TPSA) is 70.1 Å². The van der Waals surface area contributed by atoms with Crippen molar-refractivity contribution in [2.24, 2.45) is 18.7 Å². The summed E-state index contributed by atoms with van der Waals surface area (Å²) in [6.07, 6.45) is 4.10. The van der Waals surface area contributed by atoms with Crippen molar-refractivity contribution in [2.75, 3.05) is 13.7 Å². The molecular weight excluding hydrogens is 206 g/mol. The maximum atomic E-state index is 11.9. The molecule has 0 saturated carbocycles. The Morgan fingerprint density at radius 1 is 1.69 bits per heavy atom. The van der Waals surface area contributed by atoms with Crippen LogP contribution in [0.3, 0.4) is 0 Å². The Balaban J connectivity index is 2.59. The number of methoxy groups -OCH3 is 1. The van der Waals surface area contributed by atoms with Gasteiger partial charge in [0.1, 0.15) is 0 Å². The van der Waals surface area contributed by atoms with Crippen molar-refractivity contribution in [1.82, 2.24) is 9.78 Å². The number of carbonyl (C=O) groups is 1. The second kappa shape index (κ2) is 5.77. The van der Waals surface area contributed by atoms with Crippen molar-refractivity contribution >= 4 is 5.78 Å². The number of carbonyl (C=O) groups excluding carboxylic acids is 1. The van der Waals surface area contributed by atoms with Gasteiger partial charge in [-0.05, 0) is 6.42 Å². The van der Waals surface area contributed by atoms with E-state index in [1.807, 2.05) is 6.92 Å². The number of aryl methyl sites for hydroxylation is 1. The molecule has 2 unspecified atom stereocenters. The fraction of sp³-hybridized carbons (Fsp3) is 0.636. The Bertz CT molecular complexity index is 349. The molecule has 1 rings (SSSR count). The molecule has 0 fully saturated rings. The summed E-state index contributed by atoms with van der Waals surface area (Å²) >= 11 is 0. The van der Waals surface area contributed by atoms with Crippen molar-refractivity contribution in [3.05, 3.63) is 18.0 Å². The lowest BCUT2D eigenvalue weighted by Crippen LogP contribution is -2.27. The molecule has 5 heteroatoms. The highest BCUT2D eigenvalue weighted by Gasteiger charge is 2.22. The summed E-state index contributed by atoms with van der Waals surface area (Å²) in [5.74, 6) is -0.0554. The van der Waals surface area contributed by atoms with Crippen LogP contribution in [-0.4, -0.2) is 29.3 Å². The van der Waals surface area contributed by atoms with Gasteiger partial charge < -0.3 is 10.5 Å². The van der Waals surface area contributed by atoms with E-state index in [0.717, 1.165) is 5.56 Å². The molecule has 16 heavy (non-hydrogen) atoms. The van der Waals surface area contributed by atoms with Crippen molar-refractivity contribution in [1.29, 1.82) is 0 Å². The van der Waals surface area contributed by atoms with Gasteiger partial charge in [0, 0.05) is 38.4 Å². The first-order valence-corrected chi connectivity index (χ1v) is 5.33. The van der Waals surface area contributed by atoms with Gasteiger partial charge in [-0.1, -0.05) is 6.92 Å². The van der Waals surface area contributed by atoms with Gasteiger partial charge in [0.25, 0.3) is 0 Å². The van der Waals surface area contributed by atoms with Crippen molar-refractivity contribution in [3.8, 4) is 0 Å². The minimum absolute atomic E-state index is 0.0325. The highest BCUT2D eigenvalue weighted by molar-refractivity contribution is 5.86. The zero-order chi connectivity index (χ0) is 12.1. The van der Waals surface area contributed by atoms with E-state index in [1.165, 1.54) is 0 Å². The molecule has 0 bridgehead atoms. The summed E-state index contributed by atoms with van der Waals surface area (Å²) in [5, 5.41) is 4.00. The molecule has 1 aromatic heterocycles. The second-order valence-corrected chi connectivity index (χ2v) is 4.01. The number of hydrogen-bond donors (Lipinski definition) is 1. The molecule has 1 aromatic rings. The Labute approximate surface area is 95.6 Å². The van der Waals surface area contributed by atoms with Gasteiger partial charge >= 0.3 is 0 Å². The summed E-state index contributed by atoms with van der Waals surface area (Å²) in [6, 6.07) is -0.583. The van der Waals surface area contributed by atoms with E-state index < -0.39 is 6.04 Å². The number of nitrogens with two attached hydrogens (primary N) is 1. The number of Topliss-reactive ketones (excluding diaryl/α,β-unsaturated/α-hetero) is 1. The van der Waals surface area contributed by atoms with Crippen molar-refractivity contribution in [2.45, 2.75) is 19.4 Å². The largest absolute Gasteiger partial charge is 0.385 e. The van der Waals surface area contributed by atoms with Crippen molar-refractivity contribution < 1.29 is 9.53 Å². The lowest BCUT2D eigenvalue weighted by atomic mass is 9.94. The van der Waals surface area contributed by atoms with Gasteiger partial charge in [-0.3, -0.25) is 9.48 Å². The van der Waals surface area contributed by atoms with Crippen LogP contribution in [-0.2, 0) is 16.6 Å². The molecule has 5 nitrogen and oxygen atoms in total. The first kappa shape index (κ1) is 12.9. The molecule has 0 radical (unpaired) electrons. The molecule has 2 atom stereocenters. The summed E-state index contributed by atoms with van der Waals surface area (Å²) in [4.78, 5) is 11.9. The third-order valence-electron chi connectivity index (χ3n) is 2.63. The van der Waals surface area contributed by atoms with Crippen LogP contribution in [0.4, 0.5) is 0 Å². The normalized spacial score (nSPS) is 14.8. The third kappa shape index (κ3) is 3.15. The zero-order valence-electron chi connectivity index (χ0n) is 10.0. The summed E-state index contributed by atoms with van der Waals surface area (Å²) in [6.45, 7) is 2.45. The average molecular weight is 225 g/mol. The predicted octanol–water partition coefficient (Wildman–Crippen LogP) is 0.662. The van der Waals surface area contributed by atoms with E-state index >= 15 is 0 Å². The minimum atomic E-state index is -0.583. The molecule has 2 N–H and O–H groups in total. The fourth-order valence-electron chi connectivity index (χ4n) is 1.51. The standard InChI is InChI=1S/C11H19N3O2/c1-8(4-5-16-3)11(15)10(12)9-6-13-14(2)7-9/h6-8,10H,4-5,12H2,1-3H3.